The lowest BCUT2D eigenvalue weighted by molar-refractivity contribution is 0.0758. The van der Waals surface area contributed by atoms with E-state index in [-0.39, 0.29) is 16.8 Å². The second-order valence-electron chi connectivity index (χ2n) is 3.43. The van der Waals surface area contributed by atoms with Crippen molar-refractivity contribution in [2.45, 2.75) is 12.5 Å². The van der Waals surface area contributed by atoms with Crippen molar-refractivity contribution in [3.63, 3.8) is 0 Å². The summed E-state index contributed by atoms with van der Waals surface area (Å²) in [6.07, 6.45) is 0.196. The molecule has 80 valence electrons. The summed E-state index contributed by atoms with van der Waals surface area (Å²) in [6.45, 7) is 0.924. The summed E-state index contributed by atoms with van der Waals surface area (Å²) in [4.78, 5) is 13.3. The van der Waals surface area contributed by atoms with Crippen LogP contribution in [0.15, 0.2) is 12.1 Å². The van der Waals surface area contributed by atoms with Crippen molar-refractivity contribution in [3.8, 4) is 0 Å². The summed E-state index contributed by atoms with van der Waals surface area (Å²) in [5.74, 6) is -0.212. The maximum atomic E-state index is 11.8. The number of carbonyl (C=O) groups excluding carboxylic acids is 1. The van der Waals surface area contributed by atoms with Gasteiger partial charge in [0, 0.05) is 13.1 Å². The minimum absolute atomic E-state index is 0.212. The third kappa shape index (κ3) is 2.24. The molecule has 0 radical (unpaired) electrons. The summed E-state index contributed by atoms with van der Waals surface area (Å²) < 4.78 is 0. The Kier molecular flexibility index (Phi) is 2.83. The van der Waals surface area contributed by atoms with Gasteiger partial charge in [-0.15, -0.1) is 10.2 Å². The number of nitrogens with zero attached hydrogens (tertiary/aromatic N) is 3. The number of carbonyl (C=O) groups is 1. The van der Waals surface area contributed by atoms with Crippen molar-refractivity contribution in [1.29, 1.82) is 0 Å². The quantitative estimate of drug-likeness (QED) is 0.751. The molecule has 0 spiro atoms. The van der Waals surface area contributed by atoms with Crippen molar-refractivity contribution in [2.75, 3.05) is 13.1 Å². The lowest BCUT2D eigenvalue weighted by Gasteiger charge is -2.13. The zero-order valence-electron chi connectivity index (χ0n) is 7.93. The van der Waals surface area contributed by atoms with Gasteiger partial charge in [-0.1, -0.05) is 11.6 Å². The largest absolute Gasteiger partial charge is 0.391 e. The predicted molar refractivity (Wildman–Crippen MR) is 53.6 cm³/mol. The number of amides is 1. The SMILES string of the molecule is O=C(c1ccc(Cl)nn1)N1CC[C@H](O)C1. The molecule has 0 saturated carbocycles. The first-order valence-corrected chi connectivity index (χ1v) is 5.01. The lowest BCUT2D eigenvalue weighted by Crippen LogP contribution is -2.30. The van der Waals surface area contributed by atoms with Gasteiger partial charge in [-0.05, 0) is 18.6 Å². The van der Waals surface area contributed by atoms with Crippen molar-refractivity contribution >= 4 is 17.5 Å². The maximum Gasteiger partial charge on any atom is 0.274 e. The summed E-state index contributed by atoms with van der Waals surface area (Å²) in [7, 11) is 0. The highest BCUT2D eigenvalue weighted by Crippen LogP contribution is 2.12. The molecule has 5 nitrogen and oxygen atoms in total. The van der Waals surface area contributed by atoms with Gasteiger partial charge in [-0.2, -0.15) is 0 Å². The minimum atomic E-state index is -0.422. The fraction of sp³-hybridized carbons (Fsp3) is 0.444. The van der Waals surface area contributed by atoms with Crippen molar-refractivity contribution in [1.82, 2.24) is 15.1 Å². The molecule has 2 rings (SSSR count). The first-order chi connectivity index (χ1) is 7.16. The van der Waals surface area contributed by atoms with E-state index in [1.165, 1.54) is 12.1 Å². The summed E-state index contributed by atoms with van der Waals surface area (Å²) >= 11 is 5.56. The Hall–Kier alpha value is -1.20. The first kappa shape index (κ1) is 10.3. The molecule has 1 fully saturated rings. The first-order valence-electron chi connectivity index (χ1n) is 4.63. The Bertz CT molecular complexity index is 368. The van der Waals surface area contributed by atoms with E-state index < -0.39 is 6.10 Å². The van der Waals surface area contributed by atoms with Crippen molar-refractivity contribution in [2.24, 2.45) is 0 Å². The molecule has 1 aliphatic rings. The number of likely N-dealkylation sites (tertiary alicyclic amines) is 1. The Morgan fingerprint density at radius 3 is 2.87 bits per heavy atom. The van der Waals surface area contributed by atoms with E-state index in [1.807, 2.05) is 0 Å². The zero-order valence-corrected chi connectivity index (χ0v) is 8.68. The number of aliphatic hydroxyl groups excluding tert-OH is 1. The van der Waals surface area contributed by atoms with E-state index in [0.29, 0.717) is 19.5 Å². The lowest BCUT2D eigenvalue weighted by atomic mass is 10.3. The van der Waals surface area contributed by atoms with Crippen LogP contribution in [0, 0.1) is 0 Å². The van der Waals surface area contributed by atoms with Gasteiger partial charge in [0.2, 0.25) is 0 Å². The number of hydrogen-bond donors (Lipinski definition) is 1. The maximum absolute atomic E-state index is 11.8. The van der Waals surface area contributed by atoms with Gasteiger partial charge in [0.25, 0.3) is 5.91 Å². The van der Waals surface area contributed by atoms with Crippen LogP contribution in [0.25, 0.3) is 0 Å². The van der Waals surface area contributed by atoms with Gasteiger partial charge in [-0.25, -0.2) is 0 Å². The monoisotopic (exact) mass is 227 g/mol. The van der Waals surface area contributed by atoms with Gasteiger partial charge in [-0.3, -0.25) is 4.79 Å². The minimum Gasteiger partial charge on any atom is -0.391 e. The molecule has 0 aliphatic carbocycles. The van der Waals surface area contributed by atoms with E-state index in [2.05, 4.69) is 10.2 Å². The smallest absolute Gasteiger partial charge is 0.274 e. The van der Waals surface area contributed by atoms with Crippen molar-refractivity contribution < 1.29 is 9.90 Å². The summed E-state index contributed by atoms with van der Waals surface area (Å²) in [5, 5.41) is 16.8. The molecule has 1 saturated heterocycles. The molecule has 1 amide bonds. The van der Waals surface area contributed by atoms with Gasteiger partial charge in [0.15, 0.2) is 10.8 Å². The van der Waals surface area contributed by atoms with Crippen LogP contribution < -0.4 is 0 Å². The van der Waals surface area contributed by atoms with E-state index >= 15 is 0 Å². The highest BCUT2D eigenvalue weighted by molar-refractivity contribution is 6.29. The Labute approximate surface area is 91.7 Å². The van der Waals surface area contributed by atoms with Crippen LogP contribution in [0.2, 0.25) is 5.15 Å². The standard InChI is InChI=1S/C9H10ClN3O2/c10-8-2-1-7(11-12-8)9(15)13-4-3-6(14)5-13/h1-2,6,14H,3-5H2/t6-/m0/s1. The van der Waals surface area contributed by atoms with Crippen LogP contribution >= 0.6 is 11.6 Å². The number of aromatic nitrogens is 2. The Morgan fingerprint density at radius 1 is 1.53 bits per heavy atom. The summed E-state index contributed by atoms with van der Waals surface area (Å²) in [5.41, 5.74) is 0.258. The number of halogens is 1. The molecular weight excluding hydrogens is 218 g/mol. The second-order valence-corrected chi connectivity index (χ2v) is 3.82. The van der Waals surface area contributed by atoms with Crippen LogP contribution in [0.1, 0.15) is 16.9 Å². The molecule has 15 heavy (non-hydrogen) atoms. The molecule has 2 heterocycles. The van der Waals surface area contributed by atoms with Crippen LogP contribution in [0.5, 0.6) is 0 Å². The van der Waals surface area contributed by atoms with E-state index in [1.54, 1.807) is 4.90 Å². The molecule has 6 heteroatoms. The van der Waals surface area contributed by atoms with Gasteiger partial charge < -0.3 is 10.0 Å². The molecule has 1 aliphatic heterocycles. The molecule has 1 atom stereocenters. The number of β-amino-alcohol motifs (C(OH)–C–C–N with tert-alkyl or cyclic N) is 1. The third-order valence-corrected chi connectivity index (χ3v) is 2.50. The molecule has 1 aromatic rings. The van der Waals surface area contributed by atoms with E-state index in [0.717, 1.165) is 0 Å². The molecular formula is C9H10ClN3O2. The van der Waals surface area contributed by atoms with E-state index in [9.17, 15) is 9.90 Å². The molecule has 1 aromatic heterocycles. The van der Waals surface area contributed by atoms with Crippen LogP contribution in [0.4, 0.5) is 0 Å². The fourth-order valence-electron chi connectivity index (χ4n) is 1.52. The van der Waals surface area contributed by atoms with Crippen molar-refractivity contribution in [3.05, 3.63) is 23.0 Å². The van der Waals surface area contributed by atoms with Crippen LogP contribution in [-0.4, -0.2) is 45.3 Å². The molecule has 1 N–H and O–H groups in total. The number of hydrogen-bond acceptors (Lipinski definition) is 4. The number of aliphatic hydroxyl groups is 1. The number of rotatable bonds is 1. The predicted octanol–water partition coefficient (Wildman–Crippen LogP) is 0.337. The fourth-order valence-corrected chi connectivity index (χ4v) is 1.62. The average Bonchev–Trinajstić information content (AvgIpc) is 2.65. The Morgan fingerprint density at radius 2 is 2.33 bits per heavy atom. The second kappa shape index (κ2) is 4.12. The summed E-state index contributed by atoms with van der Waals surface area (Å²) in [6, 6.07) is 3.05. The van der Waals surface area contributed by atoms with Crippen LogP contribution in [0.3, 0.4) is 0 Å². The topological polar surface area (TPSA) is 66.3 Å². The highest BCUT2D eigenvalue weighted by Gasteiger charge is 2.26. The molecule has 0 bridgehead atoms. The molecule has 0 aromatic carbocycles. The van der Waals surface area contributed by atoms with Gasteiger partial charge >= 0.3 is 0 Å². The molecule has 0 unspecified atom stereocenters. The van der Waals surface area contributed by atoms with Crippen LogP contribution in [-0.2, 0) is 0 Å². The third-order valence-electron chi connectivity index (χ3n) is 2.30. The average molecular weight is 228 g/mol. The Balaban J connectivity index is 2.11. The highest BCUT2D eigenvalue weighted by atomic mass is 35.5. The normalized spacial score (nSPS) is 20.7. The van der Waals surface area contributed by atoms with E-state index in [4.69, 9.17) is 11.6 Å². The van der Waals surface area contributed by atoms with Gasteiger partial charge in [0.05, 0.1) is 6.10 Å². The zero-order chi connectivity index (χ0) is 10.8. The van der Waals surface area contributed by atoms with Gasteiger partial charge in [0.1, 0.15) is 0 Å².